The second kappa shape index (κ2) is 8.13. The van der Waals surface area contributed by atoms with Crippen molar-refractivity contribution in [3.8, 4) is 11.5 Å². The minimum atomic E-state index is -0.230. The van der Waals surface area contributed by atoms with Gasteiger partial charge in [-0.2, -0.15) is 4.68 Å². The molecule has 9 heteroatoms. The van der Waals surface area contributed by atoms with E-state index in [-0.39, 0.29) is 23.0 Å². The van der Waals surface area contributed by atoms with E-state index in [9.17, 15) is 4.79 Å². The molecule has 28 heavy (non-hydrogen) atoms. The number of nitrogens with zero attached hydrogens (tertiary/aromatic N) is 3. The van der Waals surface area contributed by atoms with Crippen molar-refractivity contribution in [2.75, 3.05) is 25.4 Å². The van der Waals surface area contributed by atoms with E-state index in [1.807, 2.05) is 31.2 Å². The van der Waals surface area contributed by atoms with Gasteiger partial charge in [0.1, 0.15) is 18.0 Å². The second-order valence-corrected chi connectivity index (χ2v) is 6.47. The highest BCUT2D eigenvalue weighted by atomic mass is 32.1. The molecule has 3 rings (SSSR count). The lowest BCUT2D eigenvalue weighted by molar-refractivity contribution is 0.0963. The predicted octanol–water partition coefficient (Wildman–Crippen LogP) is 3.08. The van der Waals surface area contributed by atoms with Crippen LogP contribution in [0.1, 0.15) is 15.9 Å². The van der Waals surface area contributed by atoms with Crippen LogP contribution in [-0.4, -0.2) is 34.5 Å². The van der Waals surface area contributed by atoms with Crippen molar-refractivity contribution < 1.29 is 14.3 Å². The van der Waals surface area contributed by atoms with E-state index in [0.29, 0.717) is 17.1 Å². The molecule has 1 heterocycles. The highest BCUT2D eigenvalue weighted by Crippen LogP contribution is 2.25. The molecule has 8 nitrogen and oxygen atoms in total. The number of benzene rings is 2. The van der Waals surface area contributed by atoms with Crippen LogP contribution in [0.3, 0.4) is 0 Å². The average Bonchev–Trinajstić information content (AvgIpc) is 2.94. The van der Waals surface area contributed by atoms with Crippen LogP contribution in [0.5, 0.6) is 11.5 Å². The Hall–Kier alpha value is -3.33. The third kappa shape index (κ3) is 3.99. The van der Waals surface area contributed by atoms with Gasteiger partial charge in [-0.05, 0) is 55.0 Å². The first-order valence-electron chi connectivity index (χ1n) is 8.47. The number of hydrogen-bond donors (Lipinski definition) is 2. The topological polar surface area (TPSA) is 96.3 Å². The van der Waals surface area contributed by atoms with Gasteiger partial charge >= 0.3 is 0 Å². The third-order valence-electron chi connectivity index (χ3n) is 4.12. The Morgan fingerprint density at radius 2 is 2.00 bits per heavy atom. The maximum atomic E-state index is 12.8. The molecule has 0 amide bonds. The Labute approximate surface area is 167 Å². The lowest BCUT2D eigenvalue weighted by atomic mass is 10.1. The van der Waals surface area contributed by atoms with E-state index < -0.39 is 0 Å². The highest BCUT2D eigenvalue weighted by Gasteiger charge is 2.17. The second-order valence-electron chi connectivity index (χ2n) is 6.10. The number of rotatable bonds is 7. The van der Waals surface area contributed by atoms with Gasteiger partial charge in [0.2, 0.25) is 10.7 Å². The van der Waals surface area contributed by atoms with Crippen LogP contribution >= 0.6 is 12.2 Å². The first kappa shape index (κ1) is 19.4. The van der Waals surface area contributed by atoms with Crippen LogP contribution in [-0.2, 0) is 6.54 Å². The van der Waals surface area contributed by atoms with Gasteiger partial charge in [0.15, 0.2) is 5.78 Å². The Morgan fingerprint density at radius 3 is 2.68 bits per heavy atom. The Balaban J connectivity index is 1.88. The Bertz CT molecular complexity index is 1070. The molecule has 0 saturated carbocycles. The molecule has 0 fully saturated rings. The van der Waals surface area contributed by atoms with Crippen molar-refractivity contribution >= 4 is 29.6 Å². The smallest absolute Gasteiger partial charge is 0.240 e. The minimum Gasteiger partial charge on any atom is -0.497 e. The van der Waals surface area contributed by atoms with Crippen LogP contribution in [0.15, 0.2) is 42.5 Å². The number of anilines is 2. The van der Waals surface area contributed by atoms with Crippen molar-refractivity contribution in [2.24, 2.45) is 0 Å². The average molecular weight is 399 g/mol. The number of carbonyl (C=O) groups is 1. The molecule has 1 aromatic heterocycles. The number of methoxy groups -OCH3 is 2. The van der Waals surface area contributed by atoms with Gasteiger partial charge in [0.25, 0.3) is 0 Å². The number of nitrogen functional groups attached to an aromatic ring is 1. The lowest BCUT2D eigenvalue weighted by Crippen LogP contribution is -2.15. The summed E-state index contributed by atoms with van der Waals surface area (Å²) in [5.74, 6) is 0.922. The van der Waals surface area contributed by atoms with Gasteiger partial charge in [-0.15, -0.1) is 5.10 Å². The summed E-state index contributed by atoms with van der Waals surface area (Å²) in [6, 6.07) is 12.8. The van der Waals surface area contributed by atoms with Crippen molar-refractivity contribution in [1.82, 2.24) is 14.5 Å². The molecular weight excluding hydrogens is 378 g/mol. The molecule has 146 valence electrons. The molecule has 0 bridgehead atoms. The van der Waals surface area contributed by atoms with E-state index in [2.05, 4.69) is 10.5 Å². The minimum absolute atomic E-state index is 0.0882. The molecule has 0 unspecified atom stereocenters. The van der Waals surface area contributed by atoms with E-state index in [1.165, 1.54) is 23.6 Å². The maximum absolute atomic E-state index is 12.8. The number of aryl methyl sites for hydroxylation is 1. The number of carbonyl (C=O) groups excluding carboxylic acids is 1. The summed E-state index contributed by atoms with van der Waals surface area (Å²) >= 11 is 5.44. The van der Waals surface area contributed by atoms with Crippen LogP contribution in [0.4, 0.5) is 11.6 Å². The van der Waals surface area contributed by atoms with Gasteiger partial charge in [-0.1, -0.05) is 12.1 Å². The zero-order chi connectivity index (χ0) is 20.3. The quantitative estimate of drug-likeness (QED) is 0.465. The molecule has 0 aliphatic rings. The molecule has 0 radical (unpaired) electrons. The van der Waals surface area contributed by atoms with Crippen molar-refractivity contribution in [2.45, 2.75) is 13.5 Å². The fraction of sp³-hybridized carbons (Fsp3) is 0.211. The summed E-state index contributed by atoms with van der Waals surface area (Å²) in [5, 5.41) is 4.19. The number of aromatic nitrogens is 3. The zero-order valence-electron chi connectivity index (χ0n) is 15.8. The normalized spacial score (nSPS) is 10.5. The molecule has 0 spiro atoms. The van der Waals surface area contributed by atoms with Crippen molar-refractivity contribution in [3.63, 3.8) is 0 Å². The Morgan fingerprint density at radius 1 is 1.21 bits per heavy atom. The number of nitrogens with two attached hydrogens (primary N) is 1. The summed E-state index contributed by atoms with van der Waals surface area (Å²) in [5.41, 5.74) is 11.4. The zero-order valence-corrected chi connectivity index (χ0v) is 16.6. The number of nitrogens with one attached hydrogen (secondary N) is 1. The van der Waals surface area contributed by atoms with E-state index >= 15 is 0 Å². The third-order valence-corrected chi connectivity index (χ3v) is 4.52. The molecule has 2 aromatic carbocycles. The fourth-order valence-electron chi connectivity index (χ4n) is 2.73. The van der Waals surface area contributed by atoms with Crippen LogP contribution < -0.4 is 20.6 Å². The van der Waals surface area contributed by atoms with Gasteiger partial charge in [0.05, 0.1) is 25.5 Å². The van der Waals surface area contributed by atoms with Crippen LogP contribution in [0.2, 0.25) is 0 Å². The molecule has 0 saturated heterocycles. The molecule has 0 aliphatic carbocycles. The monoisotopic (exact) mass is 399 g/mol. The van der Waals surface area contributed by atoms with Gasteiger partial charge in [-0.25, -0.2) is 4.68 Å². The number of hydrogen-bond acceptors (Lipinski definition) is 7. The lowest BCUT2D eigenvalue weighted by Gasteiger charge is -2.10. The van der Waals surface area contributed by atoms with Gasteiger partial charge in [-0.3, -0.25) is 10.2 Å². The summed E-state index contributed by atoms with van der Waals surface area (Å²) in [6.07, 6.45) is 0. The standard InChI is InChI=1S/C19H21N5O3S/c1-12-5-4-6-13(9-12)21-24-18(20)22-23(19(24)28)11-16(25)15-10-14(26-2)7-8-17(15)27-3/h4-10,21H,11H2,1-3H3,(H2,20,22). The summed E-state index contributed by atoms with van der Waals surface area (Å²) in [6.45, 7) is 1.90. The molecule has 3 N–H and O–H groups in total. The van der Waals surface area contributed by atoms with Crippen LogP contribution in [0, 0.1) is 11.7 Å². The summed E-state index contributed by atoms with van der Waals surface area (Å²) < 4.78 is 13.6. The SMILES string of the molecule is COc1ccc(OC)c(C(=O)Cn2nc(N)n(Nc3cccc(C)c3)c2=S)c1. The van der Waals surface area contributed by atoms with Crippen LogP contribution in [0.25, 0.3) is 0 Å². The first-order valence-corrected chi connectivity index (χ1v) is 8.88. The summed E-state index contributed by atoms with van der Waals surface area (Å²) in [7, 11) is 3.04. The van der Waals surface area contributed by atoms with Gasteiger partial charge < -0.3 is 15.2 Å². The number of ether oxygens (including phenoxy) is 2. The number of Topliss-reactive ketones (excluding diaryl/α,β-unsaturated/α-hetero) is 1. The number of ketones is 1. The maximum Gasteiger partial charge on any atom is 0.240 e. The molecule has 0 atom stereocenters. The largest absolute Gasteiger partial charge is 0.497 e. The predicted molar refractivity (Wildman–Crippen MR) is 110 cm³/mol. The van der Waals surface area contributed by atoms with Gasteiger partial charge in [0, 0.05) is 0 Å². The van der Waals surface area contributed by atoms with E-state index in [4.69, 9.17) is 27.4 Å². The highest BCUT2D eigenvalue weighted by molar-refractivity contribution is 7.71. The van der Waals surface area contributed by atoms with E-state index in [1.54, 1.807) is 18.2 Å². The molecule has 3 aromatic rings. The summed E-state index contributed by atoms with van der Waals surface area (Å²) in [4.78, 5) is 12.8. The fourth-order valence-corrected chi connectivity index (χ4v) is 2.97. The Kier molecular flexibility index (Phi) is 5.65. The van der Waals surface area contributed by atoms with Crippen molar-refractivity contribution in [3.05, 3.63) is 58.4 Å². The first-order chi connectivity index (χ1) is 13.4. The molecule has 0 aliphatic heterocycles. The van der Waals surface area contributed by atoms with E-state index in [0.717, 1.165) is 11.3 Å². The van der Waals surface area contributed by atoms with Crippen molar-refractivity contribution in [1.29, 1.82) is 0 Å². The molecular formula is C19H21N5O3S.